The molecule has 4 aromatic rings. The number of ether oxygens (including phenoxy) is 1. The molecule has 222 valence electrons. The largest absolute Gasteiger partial charge is 0.356 e. The average molecular weight is 594 g/mol. The van der Waals surface area contributed by atoms with E-state index < -0.39 is 0 Å². The predicted molar refractivity (Wildman–Crippen MR) is 172 cm³/mol. The Morgan fingerprint density at radius 2 is 1.88 bits per heavy atom. The first-order valence-electron chi connectivity index (χ1n) is 15.8. The van der Waals surface area contributed by atoms with E-state index in [-0.39, 0.29) is 12.1 Å². The molecule has 1 saturated carbocycles. The summed E-state index contributed by atoms with van der Waals surface area (Å²) in [5.74, 6) is 0.00785. The Kier molecular flexibility index (Phi) is 8.59. The van der Waals surface area contributed by atoms with Gasteiger partial charge in [-0.2, -0.15) is 5.10 Å². The van der Waals surface area contributed by atoms with Crippen LogP contribution in [0.3, 0.4) is 0 Å². The number of nitrogens with zero attached hydrogens (tertiary/aromatic N) is 4. The Morgan fingerprint density at radius 1 is 1.00 bits per heavy atom. The first-order valence-corrected chi connectivity index (χ1v) is 16.6. The minimum atomic E-state index is -0.0812. The maximum Gasteiger partial charge on any atom is 0.252 e. The molecule has 0 radical (unpaired) electrons. The number of fused-ring (bicyclic) bond motifs is 1. The minimum Gasteiger partial charge on any atom is -0.356 e. The van der Waals surface area contributed by atoms with Crippen LogP contribution in [-0.4, -0.2) is 57.9 Å². The van der Waals surface area contributed by atoms with Crippen LogP contribution in [0.5, 0.6) is 0 Å². The smallest absolute Gasteiger partial charge is 0.252 e. The lowest BCUT2D eigenvalue weighted by atomic mass is 10.1. The van der Waals surface area contributed by atoms with E-state index in [2.05, 4.69) is 62.4 Å². The van der Waals surface area contributed by atoms with Crippen LogP contribution in [0.15, 0.2) is 70.6 Å². The van der Waals surface area contributed by atoms with Gasteiger partial charge in [-0.25, -0.2) is 4.68 Å². The van der Waals surface area contributed by atoms with E-state index in [1.54, 1.807) is 11.8 Å². The number of hydrogen-bond donors (Lipinski definition) is 1. The maximum absolute atomic E-state index is 12.9. The summed E-state index contributed by atoms with van der Waals surface area (Å²) < 4.78 is 8.24. The molecule has 43 heavy (non-hydrogen) atoms. The van der Waals surface area contributed by atoms with Gasteiger partial charge >= 0.3 is 0 Å². The molecular formula is C35H39N5O2S. The van der Waals surface area contributed by atoms with Gasteiger partial charge < -0.3 is 15.0 Å². The number of hydrogen-bond acceptors (Lipinski definition) is 6. The van der Waals surface area contributed by atoms with Crippen LogP contribution in [0, 0.1) is 0 Å². The van der Waals surface area contributed by atoms with E-state index in [0.717, 1.165) is 89.3 Å². The molecule has 1 atom stereocenters. The second kappa shape index (κ2) is 13.0. The Hall–Kier alpha value is -3.46. The third-order valence-corrected chi connectivity index (χ3v) is 9.65. The van der Waals surface area contributed by atoms with E-state index in [1.807, 2.05) is 30.5 Å². The molecule has 8 heteroatoms. The van der Waals surface area contributed by atoms with Crippen molar-refractivity contribution < 1.29 is 9.53 Å². The van der Waals surface area contributed by atoms with Crippen molar-refractivity contribution >= 4 is 40.7 Å². The van der Waals surface area contributed by atoms with Gasteiger partial charge in [-0.3, -0.25) is 9.78 Å². The SMILES string of the molecule is O=C(NC1CC1)c1ccccc1Sc1ccc2c(/C=C/c3cc(CCN4CCCC4)ccn3)nn(C3CCCCO3)c2c1. The summed E-state index contributed by atoms with van der Waals surface area (Å²) in [5.41, 5.74) is 4.95. The Bertz CT molecular complexity index is 1620. The molecule has 0 spiro atoms. The van der Waals surface area contributed by atoms with Gasteiger partial charge in [0.25, 0.3) is 5.91 Å². The lowest BCUT2D eigenvalue weighted by molar-refractivity contribution is -0.0367. The van der Waals surface area contributed by atoms with Gasteiger partial charge in [0.05, 0.1) is 22.5 Å². The highest BCUT2D eigenvalue weighted by Crippen LogP contribution is 2.36. The van der Waals surface area contributed by atoms with Gasteiger partial charge in [0.2, 0.25) is 0 Å². The molecule has 1 unspecified atom stereocenters. The highest BCUT2D eigenvalue weighted by atomic mass is 32.2. The molecule has 1 aliphatic carbocycles. The number of pyridine rings is 1. The summed E-state index contributed by atoms with van der Waals surface area (Å²) in [6.45, 7) is 4.31. The molecule has 0 bridgehead atoms. The fourth-order valence-corrected chi connectivity index (χ4v) is 7.00. The topological polar surface area (TPSA) is 72.3 Å². The molecule has 2 aliphatic heterocycles. The normalized spacial score (nSPS) is 19.4. The van der Waals surface area contributed by atoms with Gasteiger partial charge in [-0.05, 0) is 125 Å². The van der Waals surface area contributed by atoms with E-state index in [9.17, 15) is 4.79 Å². The van der Waals surface area contributed by atoms with Gasteiger partial charge in [0.1, 0.15) is 0 Å². The summed E-state index contributed by atoms with van der Waals surface area (Å²) in [5, 5.41) is 9.29. The number of amides is 1. The number of likely N-dealkylation sites (tertiary alicyclic amines) is 1. The highest BCUT2D eigenvalue weighted by molar-refractivity contribution is 7.99. The van der Waals surface area contributed by atoms with Crippen LogP contribution in [-0.2, 0) is 11.2 Å². The number of rotatable bonds is 10. The number of carbonyl (C=O) groups excluding carboxylic acids is 1. The third-order valence-electron chi connectivity index (χ3n) is 8.58. The lowest BCUT2D eigenvalue weighted by Gasteiger charge is -2.23. The quantitative estimate of drug-likeness (QED) is 0.214. The minimum absolute atomic E-state index is 0.00785. The Labute approximate surface area is 257 Å². The average Bonchev–Trinajstić information content (AvgIpc) is 3.55. The second-order valence-electron chi connectivity index (χ2n) is 11.9. The number of benzene rings is 2. The molecule has 3 aliphatic rings. The van der Waals surface area contributed by atoms with E-state index in [4.69, 9.17) is 9.84 Å². The monoisotopic (exact) mass is 593 g/mol. The van der Waals surface area contributed by atoms with Crippen molar-refractivity contribution in [3.05, 3.63) is 83.3 Å². The van der Waals surface area contributed by atoms with Crippen molar-refractivity contribution in [3.63, 3.8) is 0 Å². The van der Waals surface area contributed by atoms with Crippen LogP contribution in [0.25, 0.3) is 23.1 Å². The maximum atomic E-state index is 12.9. The molecule has 4 heterocycles. The molecule has 2 aromatic heterocycles. The van der Waals surface area contributed by atoms with Crippen molar-refractivity contribution in [2.75, 3.05) is 26.2 Å². The van der Waals surface area contributed by atoms with Crippen molar-refractivity contribution in [2.24, 2.45) is 0 Å². The van der Waals surface area contributed by atoms with Crippen LogP contribution in [0.2, 0.25) is 0 Å². The second-order valence-corrected chi connectivity index (χ2v) is 13.0. The van der Waals surface area contributed by atoms with Gasteiger partial charge in [-0.15, -0.1) is 0 Å². The zero-order valence-corrected chi connectivity index (χ0v) is 25.4. The Balaban J connectivity index is 1.15. The van der Waals surface area contributed by atoms with Crippen molar-refractivity contribution in [1.29, 1.82) is 0 Å². The van der Waals surface area contributed by atoms with Crippen LogP contribution >= 0.6 is 11.8 Å². The molecule has 2 saturated heterocycles. The summed E-state index contributed by atoms with van der Waals surface area (Å²) >= 11 is 1.62. The predicted octanol–water partition coefficient (Wildman–Crippen LogP) is 6.98. The number of carbonyl (C=O) groups is 1. The summed E-state index contributed by atoms with van der Waals surface area (Å²) in [4.78, 5) is 22.1. The van der Waals surface area contributed by atoms with Crippen LogP contribution in [0.1, 0.15) is 78.5 Å². The van der Waals surface area contributed by atoms with Crippen LogP contribution < -0.4 is 5.32 Å². The van der Waals surface area contributed by atoms with E-state index in [0.29, 0.717) is 6.04 Å². The van der Waals surface area contributed by atoms with Gasteiger partial charge in [-0.1, -0.05) is 23.9 Å². The molecule has 3 fully saturated rings. The molecule has 7 nitrogen and oxygen atoms in total. The first-order chi connectivity index (χ1) is 21.2. The van der Waals surface area contributed by atoms with Gasteiger partial charge in [0, 0.05) is 40.6 Å². The third kappa shape index (κ3) is 6.87. The van der Waals surface area contributed by atoms with Crippen molar-refractivity contribution in [2.45, 2.75) is 73.4 Å². The summed E-state index contributed by atoms with van der Waals surface area (Å²) in [6.07, 6.45) is 15.0. The molecule has 7 rings (SSSR count). The fourth-order valence-electron chi connectivity index (χ4n) is 6.02. The van der Waals surface area contributed by atoms with Crippen LogP contribution in [0.4, 0.5) is 0 Å². The van der Waals surface area contributed by atoms with E-state index in [1.165, 1.54) is 31.5 Å². The van der Waals surface area contributed by atoms with Crippen molar-refractivity contribution in [1.82, 2.24) is 25.0 Å². The molecular weight excluding hydrogens is 554 g/mol. The molecule has 2 aromatic carbocycles. The summed E-state index contributed by atoms with van der Waals surface area (Å²) in [7, 11) is 0. The standard InChI is InChI=1S/C35H39N5O2S/c41-35(37-26-10-11-26)30-7-1-2-8-33(30)43-28-13-14-29-31(38-40(32(29)24-28)34-9-3-6-22-42-34)15-12-27-23-25(16-18-36-27)17-21-39-19-4-5-20-39/h1-2,7-8,12-16,18,23-24,26,34H,3-6,9-11,17,19-22H2,(H,37,41)/b15-12+. The first kappa shape index (κ1) is 28.3. The highest BCUT2D eigenvalue weighted by Gasteiger charge is 2.25. The number of nitrogens with one attached hydrogen (secondary N) is 1. The molecule has 1 amide bonds. The summed E-state index contributed by atoms with van der Waals surface area (Å²) in [6, 6.07) is 19.0. The number of aromatic nitrogens is 3. The zero-order valence-electron chi connectivity index (χ0n) is 24.6. The van der Waals surface area contributed by atoms with E-state index >= 15 is 0 Å². The van der Waals surface area contributed by atoms with Crippen molar-refractivity contribution in [3.8, 4) is 0 Å². The Morgan fingerprint density at radius 3 is 2.72 bits per heavy atom. The lowest BCUT2D eigenvalue weighted by Crippen LogP contribution is -2.25. The zero-order chi connectivity index (χ0) is 29.0. The fraction of sp³-hybridized carbons (Fsp3) is 0.400. The van der Waals surface area contributed by atoms with Gasteiger partial charge in [0.15, 0.2) is 6.23 Å². The molecule has 1 N–H and O–H groups in total.